The van der Waals surface area contributed by atoms with E-state index in [0.717, 1.165) is 59.1 Å². The lowest BCUT2D eigenvalue weighted by atomic mass is 9.58. The van der Waals surface area contributed by atoms with E-state index in [1.165, 1.54) is 14.2 Å². The lowest BCUT2D eigenvalue weighted by Crippen LogP contribution is -2.63. The van der Waals surface area contributed by atoms with Gasteiger partial charge in [0.15, 0.2) is 5.82 Å². The fraction of sp³-hybridized carbons (Fsp3) is 0.229. The Kier molecular flexibility index (Phi) is 10.6. The van der Waals surface area contributed by atoms with Crippen LogP contribution in [0.5, 0.6) is 0 Å². The molecule has 63 heavy (non-hydrogen) atoms. The van der Waals surface area contributed by atoms with E-state index >= 15 is 8.78 Å². The highest BCUT2D eigenvalue weighted by molar-refractivity contribution is 7.90. The van der Waals surface area contributed by atoms with Crippen molar-refractivity contribution in [3.05, 3.63) is 173 Å². The van der Waals surface area contributed by atoms with Gasteiger partial charge in [-0.3, -0.25) is 14.3 Å². The standard InChI is InChI=1S/C48H43F2N7O5S/c1-4-55(2)63(60,61)54-40-21-20-39(49)41(42(40)50)43(58)38-28-57(48(34-14-8-5-9-15-34,35-16-10-6-11-17-35)36-18-12-7-13-19-36)44-37(38)22-31(25-51-44)33-26-52-46(53-27-33)56-29-47(30-56)23-32(24-47)45(59)62-3/h5-22,25-28,32,54H,4,23-24,29-30H2,1-3H3. The van der Waals surface area contributed by atoms with Gasteiger partial charge in [-0.05, 0) is 47.7 Å². The molecule has 2 aliphatic rings. The first-order valence-corrected chi connectivity index (χ1v) is 21.9. The van der Waals surface area contributed by atoms with Gasteiger partial charge in [-0.1, -0.05) is 97.9 Å². The molecule has 320 valence electrons. The van der Waals surface area contributed by atoms with Crippen LogP contribution >= 0.6 is 0 Å². The van der Waals surface area contributed by atoms with Crippen LogP contribution < -0.4 is 9.62 Å². The minimum Gasteiger partial charge on any atom is -0.469 e. The number of rotatable bonds is 13. The molecule has 4 heterocycles. The maximum atomic E-state index is 16.6. The molecule has 1 saturated carbocycles. The number of aromatic nitrogens is 4. The number of hydrogen-bond acceptors (Lipinski definition) is 9. The van der Waals surface area contributed by atoms with Crippen LogP contribution in [0.1, 0.15) is 52.4 Å². The van der Waals surface area contributed by atoms with Crippen molar-refractivity contribution in [1.29, 1.82) is 0 Å². The van der Waals surface area contributed by atoms with Crippen LogP contribution in [-0.4, -0.2) is 77.8 Å². The minimum atomic E-state index is -4.24. The van der Waals surface area contributed by atoms with E-state index in [0.29, 0.717) is 22.7 Å². The van der Waals surface area contributed by atoms with Crippen molar-refractivity contribution in [2.24, 2.45) is 11.3 Å². The molecule has 0 radical (unpaired) electrons. The summed E-state index contributed by atoms with van der Waals surface area (Å²) in [5, 5.41) is 0.277. The number of nitrogens with one attached hydrogen (secondary N) is 1. The smallest absolute Gasteiger partial charge is 0.308 e. The molecule has 12 nitrogen and oxygen atoms in total. The van der Waals surface area contributed by atoms with Crippen LogP contribution in [0.4, 0.5) is 20.4 Å². The van der Waals surface area contributed by atoms with Gasteiger partial charge in [0.2, 0.25) is 11.7 Å². The maximum absolute atomic E-state index is 16.6. The van der Waals surface area contributed by atoms with Crippen LogP contribution in [0.2, 0.25) is 0 Å². The summed E-state index contributed by atoms with van der Waals surface area (Å²) >= 11 is 0. The molecule has 1 aliphatic carbocycles. The number of ether oxygens (including phenoxy) is 1. The van der Waals surface area contributed by atoms with Gasteiger partial charge >= 0.3 is 16.2 Å². The fourth-order valence-corrected chi connectivity index (χ4v) is 10.1. The van der Waals surface area contributed by atoms with Gasteiger partial charge in [0.25, 0.3) is 0 Å². The summed E-state index contributed by atoms with van der Waals surface area (Å²) in [6.45, 7) is 3.14. The Hall–Kier alpha value is -6.84. The summed E-state index contributed by atoms with van der Waals surface area (Å²) in [6, 6.07) is 32.6. The molecule has 1 spiro atoms. The summed E-state index contributed by atoms with van der Waals surface area (Å²) < 4.78 is 68.4. The number of carbonyl (C=O) groups excluding carboxylic acids is 2. The first-order chi connectivity index (χ1) is 30.4. The Bertz CT molecular complexity index is 2860. The molecule has 0 bridgehead atoms. The van der Waals surface area contributed by atoms with Gasteiger partial charge in [-0.25, -0.2) is 23.7 Å². The maximum Gasteiger partial charge on any atom is 0.308 e. The number of methoxy groups -OCH3 is 1. The van der Waals surface area contributed by atoms with Crippen LogP contribution in [0.15, 0.2) is 134 Å². The quantitative estimate of drug-likeness (QED) is 0.0698. The number of carbonyl (C=O) groups is 2. The number of hydrogen-bond donors (Lipinski definition) is 1. The van der Waals surface area contributed by atoms with Crippen molar-refractivity contribution in [2.75, 3.05) is 43.4 Å². The largest absolute Gasteiger partial charge is 0.469 e. The lowest BCUT2D eigenvalue weighted by Gasteiger charge is -2.58. The molecule has 7 aromatic rings. The average Bonchev–Trinajstić information content (AvgIpc) is 3.66. The Balaban J connectivity index is 1.20. The molecular formula is C48H43F2N7O5S. The van der Waals surface area contributed by atoms with Gasteiger partial charge in [-0.15, -0.1) is 0 Å². The zero-order chi connectivity index (χ0) is 44.1. The number of ketones is 1. The molecule has 15 heteroatoms. The van der Waals surface area contributed by atoms with Crippen molar-refractivity contribution >= 4 is 44.6 Å². The molecule has 1 saturated heterocycles. The molecule has 1 aliphatic heterocycles. The number of pyridine rings is 1. The second-order valence-electron chi connectivity index (χ2n) is 16.2. The van der Waals surface area contributed by atoms with E-state index in [1.807, 2.05) is 95.6 Å². The fourth-order valence-electron chi connectivity index (χ4n) is 9.13. The third kappa shape index (κ3) is 7.10. The Morgan fingerprint density at radius 1 is 0.841 bits per heavy atom. The first kappa shape index (κ1) is 41.5. The zero-order valence-electron chi connectivity index (χ0n) is 34.7. The van der Waals surface area contributed by atoms with E-state index in [9.17, 15) is 18.0 Å². The summed E-state index contributed by atoms with van der Waals surface area (Å²) in [4.78, 5) is 43.3. The number of esters is 1. The number of fused-ring (bicyclic) bond motifs is 1. The van der Waals surface area contributed by atoms with Gasteiger partial charge in [0, 0.05) is 73.4 Å². The Morgan fingerprint density at radius 3 is 1.94 bits per heavy atom. The lowest BCUT2D eigenvalue weighted by molar-refractivity contribution is -0.155. The molecule has 9 rings (SSSR count). The molecular weight excluding hydrogens is 825 g/mol. The van der Waals surface area contributed by atoms with E-state index in [2.05, 4.69) is 19.6 Å². The number of benzene rings is 4. The average molecular weight is 868 g/mol. The number of halogens is 2. The molecule has 2 fully saturated rings. The predicted octanol–water partition coefficient (Wildman–Crippen LogP) is 7.84. The Morgan fingerprint density at radius 2 is 1.40 bits per heavy atom. The first-order valence-electron chi connectivity index (χ1n) is 20.5. The van der Waals surface area contributed by atoms with E-state index in [4.69, 9.17) is 9.72 Å². The van der Waals surface area contributed by atoms with Crippen LogP contribution in [0, 0.1) is 23.0 Å². The summed E-state index contributed by atoms with van der Waals surface area (Å²) in [7, 11) is -1.52. The van der Waals surface area contributed by atoms with Crippen molar-refractivity contribution in [3.8, 4) is 11.1 Å². The Labute approximate surface area is 363 Å². The van der Waals surface area contributed by atoms with Crippen LogP contribution in [-0.2, 0) is 25.3 Å². The molecule has 0 amide bonds. The SMILES string of the molecule is CCN(C)S(=O)(=O)Nc1ccc(F)c(C(=O)c2cn(C(c3ccccc3)(c3ccccc3)c3ccccc3)c3ncc(-c4cnc(N5CC6(CC(C(=O)OC)C6)C5)nc4)cc23)c1F. The predicted molar refractivity (Wildman–Crippen MR) is 235 cm³/mol. The van der Waals surface area contributed by atoms with Crippen LogP contribution in [0.25, 0.3) is 22.2 Å². The number of anilines is 2. The van der Waals surface area contributed by atoms with Gasteiger partial charge in [-0.2, -0.15) is 12.7 Å². The summed E-state index contributed by atoms with van der Waals surface area (Å²) in [5.74, 6) is -3.28. The molecule has 0 atom stereocenters. The van der Waals surface area contributed by atoms with Crippen LogP contribution in [0.3, 0.4) is 0 Å². The van der Waals surface area contributed by atoms with Crippen molar-refractivity contribution in [1.82, 2.24) is 23.8 Å². The normalized spacial score (nSPS) is 15.0. The highest BCUT2D eigenvalue weighted by Crippen LogP contribution is 2.53. The molecule has 4 aromatic carbocycles. The second kappa shape index (κ2) is 16.1. The van der Waals surface area contributed by atoms with Crippen molar-refractivity contribution in [2.45, 2.75) is 25.3 Å². The molecule has 1 N–H and O–H groups in total. The summed E-state index contributed by atoms with van der Waals surface area (Å²) in [6.07, 6.45) is 8.09. The van der Waals surface area contributed by atoms with E-state index in [-0.39, 0.29) is 34.8 Å². The molecule has 0 unspecified atom stereocenters. The topological polar surface area (TPSA) is 140 Å². The van der Waals surface area contributed by atoms with Gasteiger partial charge < -0.3 is 14.2 Å². The highest BCUT2D eigenvalue weighted by Gasteiger charge is 2.55. The third-order valence-electron chi connectivity index (χ3n) is 12.4. The van der Waals surface area contributed by atoms with E-state index < -0.39 is 44.4 Å². The second-order valence-corrected chi connectivity index (χ2v) is 18.0. The van der Waals surface area contributed by atoms with Crippen molar-refractivity contribution in [3.63, 3.8) is 0 Å². The highest BCUT2D eigenvalue weighted by atomic mass is 32.2. The summed E-state index contributed by atoms with van der Waals surface area (Å²) in [5.41, 5.74) is 1.18. The minimum absolute atomic E-state index is 0.0506. The zero-order valence-corrected chi connectivity index (χ0v) is 35.5. The third-order valence-corrected chi connectivity index (χ3v) is 14.0. The van der Waals surface area contributed by atoms with Crippen molar-refractivity contribution < 1.29 is 31.5 Å². The van der Waals surface area contributed by atoms with Gasteiger partial charge in [0.1, 0.15) is 17.0 Å². The monoisotopic (exact) mass is 867 g/mol. The number of nitrogens with zero attached hydrogens (tertiary/aromatic N) is 6. The van der Waals surface area contributed by atoms with Gasteiger partial charge in [0.05, 0.1) is 29.8 Å². The van der Waals surface area contributed by atoms with E-state index in [1.54, 1.807) is 37.8 Å². The molecule has 3 aromatic heterocycles.